The number of carboxylic acid groups (broad SMARTS) is 1. The fourth-order valence-corrected chi connectivity index (χ4v) is 1.49. The molecule has 0 saturated heterocycles. The quantitative estimate of drug-likeness (QED) is 0.726. The van der Waals surface area contributed by atoms with E-state index in [1.165, 1.54) is 13.0 Å². The lowest BCUT2D eigenvalue weighted by molar-refractivity contribution is -0.181. The maximum atomic E-state index is 11.2. The SMILES string of the molecule is C=CCC(O)C(C)(OCc1ccccc1)C(=O)O. The van der Waals surface area contributed by atoms with Gasteiger partial charge in [-0.1, -0.05) is 36.4 Å². The third kappa shape index (κ3) is 3.42. The van der Waals surface area contributed by atoms with Gasteiger partial charge in [0.1, 0.15) is 0 Å². The van der Waals surface area contributed by atoms with Crippen LogP contribution in [0.3, 0.4) is 0 Å². The van der Waals surface area contributed by atoms with Crippen LogP contribution in [-0.4, -0.2) is 27.9 Å². The summed E-state index contributed by atoms with van der Waals surface area (Å²) in [6.45, 7) is 4.99. The van der Waals surface area contributed by atoms with E-state index in [1.807, 2.05) is 30.3 Å². The Kier molecular flexibility index (Phi) is 5.07. The molecule has 2 atom stereocenters. The van der Waals surface area contributed by atoms with E-state index in [-0.39, 0.29) is 13.0 Å². The number of ether oxygens (including phenoxy) is 1. The lowest BCUT2D eigenvalue weighted by Gasteiger charge is -2.29. The molecule has 1 aromatic rings. The molecule has 0 radical (unpaired) electrons. The Labute approximate surface area is 107 Å². The minimum absolute atomic E-state index is 0.137. The molecule has 0 heterocycles. The maximum Gasteiger partial charge on any atom is 0.338 e. The molecule has 4 nitrogen and oxygen atoms in total. The second kappa shape index (κ2) is 6.33. The van der Waals surface area contributed by atoms with Crippen molar-refractivity contribution >= 4 is 5.97 Å². The minimum Gasteiger partial charge on any atom is -0.479 e. The van der Waals surface area contributed by atoms with Crippen LogP contribution in [0, 0.1) is 0 Å². The average molecular weight is 250 g/mol. The Bertz CT molecular complexity index is 402. The van der Waals surface area contributed by atoms with Crippen LogP contribution in [0.2, 0.25) is 0 Å². The van der Waals surface area contributed by atoms with Crippen LogP contribution >= 0.6 is 0 Å². The lowest BCUT2D eigenvalue weighted by Crippen LogP contribution is -2.49. The van der Waals surface area contributed by atoms with Crippen LogP contribution in [0.25, 0.3) is 0 Å². The van der Waals surface area contributed by atoms with Crippen molar-refractivity contribution in [3.05, 3.63) is 48.6 Å². The van der Waals surface area contributed by atoms with Crippen LogP contribution < -0.4 is 0 Å². The molecule has 2 unspecified atom stereocenters. The topological polar surface area (TPSA) is 66.8 Å². The summed E-state index contributed by atoms with van der Waals surface area (Å²) in [5.41, 5.74) is -0.778. The molecule has 4 heteroatoms. The first-order chi connectivity index (χ1) is 8.50. The molecular formula is C14H18O4. The molecule has 0 aliphatic heterocycles. The maximum absolute atomic E-state index is 11.2. The van der Waals surface area contributed by atoms with E-state index in [0.717, 1.165) is 5.56 Å². The number of carbonyl (C=O) groups is 1. The second-order valence-electron chi connectivity index (χ2n) is 4.23. The number of benzene rings is 1. The largest absolute Gasteiger partial charge is 0.479 e. The van der Waals surface area contributed by atoms with Crippen molar-refractivity contribution < 1.29 is 19.7 Å². The van der Waals surface area contributed by atoms with Gasteiger partial charge in [0.15, 0.2) is 5.60 Å². The van der Waals surface area contributed by atoms with Crippen LogP contribution in [0.5, 0.6) is 0 Å². The molecular weight excluding hydrogens is 232 g/mol. The first-order valence-electron chi connectivity index (χ1n) is 5.71. The molecule has 0 aromatic heterocycles. The highest BCUT2D eigenvalue weighted by molar-refractivity contribution is 5.77. The number of aliphatic carboxylic acids is 1. The zero-order chi connectivity index (χ0) is 13.6. The van der Waals surface area contributed by atoms with Gasteiger partial charge in [-0.25, -0.2) is 4.79 Å². The Morgan fingerprint density at radius 3 is 2.61 bits per heavy atom. The Balaban J connectivity index is 2.74. The summed E-state index contributed by atoms with van der Waals surface area (Å²) in [5, 5.41) is 19.0. The van der Waals surface area contributed by atoms with Gasteiger partial charge in [-0.05, 0) is 18.9 Å². The van der Waals surface area contributed by atoms with E-state index < -0.39 is 17.7 Å². The van der Waals surface area contributed by atoms with Gasteiger partial charge in [-0.15, -0.1) is 6.58 Å². The van der Waals surface area contributed by atoms with E-state index in [4.69, 9.17) is 4.74 Å². The number of aliphatic hydroxyl groups excluding tert-OH is 1. The number of carboxylic acids is 1. The van der Waals surface area contributed by atoms with E-state index >= 15 is 0 Å². The first-order valence-corrected chi connectivity index (χ1v) is 5.71. The third-order valence-corrected chi connectivity index (χ3v) is 2.83. The normalized spacial score (nSPS) is 15.7. The molecule has 0 spiro atoms. The van der Waals surface area contributed by atoms with E-state index in [2.05, 4.69) is 6.58 Å². The van der Waals surface area contributed by atoms with Crippen molar-refractivity contribution in [3.8, 4) is 0 Å². The van der Waals surface area contributed by atoms with Crippen molar-refractivity contribution in [1.29, 1.82) is 0 Å². The van der Waals surface area contributed by atoms with Crippen molar-refractivity contribution in [2.75, 3.05) is 0 Å². The molecule has 0 aliphatic rings. The molecule has 0 amide bonds. The van der Waals surface area contributed by atoms with Gasteiger partial charge in [0.2, 0.25) is 0 Å². The van der Waals surface area contributed by atoms with Gasteiger partial charge >= 0.3 is 5.97 Å². The highest BCUT2D eigenvalue weighted by Gasteiger charge is 2.41. The molecule has 18 heavy (non-hydrogen) atoms. The van der Waals surface area contributed by atoms with Crippen molar-refractivity contribution in [2.45, 2.75) is 31.7 Å². The fraction of sp³-hybridized carbons (Fsp3) is 0.357. The predicted molar refractivity (Wildman–Crippen MR) is 68.1 cm³/mol. The van der Waals surface area contributed by atoms with Gasteiger partial charge in [-0.2, -0.15) is 0 Å². The Hall–Kier alpha value is -1.65. The summed E-state index contributed by atoms with van der Waals surface area (Å²) in [6, 6.07) is 9.23. The summed E-state index contributed by atoms with van der Waals surface area (Å²) < 4.78 is 5.39. The van der Waals surface area contributed by atoms with Crippen LogP contribution in [-0.2, 0) is 16.1 Å². The Morgan fingerprint density at radius 1 is 1.50 bits per heavy atom. The van der Waals surface area contributed by atoms with Gasteiger partial charge in [0.05, 0.1) is 12.7 Å². The highest BCUT2D eigenvalue weighted by atomic mass is 16.5. The summed E-state index contributed by atoms with van der Waals surface area (Å²) >= 11 is 0. The minimum atomic E-state index is -1.63. The highest BCUT2D eigenvalue weighted by Crippen LogP contribution is 2.21. The van der Waals surface area contributed by atoms with Gasteiger partial charge < -0.3 is 14.9 Å². The smallest absolute Gasteiger partial charge is 0.338 e. The molecule has 1 aromatic carbocycles. The van der Waals surface area contributed by atoms with Crippen molar-refractivity contribution in [1.82, 2.24) is 0 Å². The molecule has 1 rings (SSSR count). The summed E-state index contributed by atoms with van der Waals surface area (Å²) in [6.07, 6.45) is 0.506. The van der Waals surface area contributed by atoms with E-state index in [0.29, 0.717) is 0 Å². The van der Waals surface area contributed by atoms with Gasteiger partial charge in [0, 0.05) is 0 Å². The van der Waals surface area contributed by atoms with Crippen molar-refractivity contribution in [2.24, 2.45) is 0 Å². The van der Waals surface area contributed by atoms with E-state index in [1.54, 1.807) is 0 Å². The van der Waals surface area contributed by atoms with Crippen LogP contribution in [0.15, 0.2) is 43.0 Å². The summed E-state index contributed by atoms with van der Waals surface area (Å²) in [7, 11) is 0. The van der Waals surface area contributed by atoms with Gasteiger partial charge in [0.25, 0.3) is 0 Å². The summed E-state index contributed by atoms with van der Waals surface area (Å²) in [5.74, 6) is -1.19. The zero-order valence-electron chi connectivity index (χ0n) is 10.4. The number of hydrogen-bond donors (Lipinski definition) is 2. The summed E-state index contributed by atoms with van der Waals surface area (Å²) in [4.78, 5) is 11.2. The number of aliphatic hydroxyl groups is 1. The molecule has 0 saturated carbocycles. The fourth-order valence-electron chi connectivity index (χ4n) is 1.49. The molecule has 0 aliphatic carbocycles. The molecule has 0 fully saturated rings. The zero-order valence-corrected chi connectivity index (χ0v) is 10.4. The van der Waals surface area contributed by atoms with E-state index in [9.17, 15) is 15.0 Å². The Morgan fingerprint density at radius 2 is 2.11 bits per heavy atom. The molecule has 98 valence electrons. The first kappa shape index (κ1) is 14.4. The number of hydrogen-bond acceptors (Lipinski definition) is 3. The standard InChI is InChI=1S/C14H18O4/c1-3-7-12(15)14(2,13(16)17)18-10-11-8-5-4-6-9-11/h3-6,8-9,12,15H,1,7,10H2,2H3,(H,16,17). The lowest BCUT2D eigenvalue weighted by atomic mass is 9.96. The number of rotatable bonds is 7. The third-order valence-electron chi connectivity index (χ3n) is 2.83. The average Bonchev–Trinajstić information content (AvgIpc) is 2.37. The monoisotopic (exact) mass is 250 g/mol. The van der Waals surface area contributed by atoms with Gasteiger partial charge in [-0.3, -0.25) is 0 Å². The molecule has 2 N–H and O–H groups in total. The van der Waals surface area contributed by atoms with Crippen molar-refractivity contribution in [3.63, 3.8) is 0 Å². The van der Waals surface area contributed by atoms with Crippen LogP contribution in [0.4, 0.5) is 0 Å². The second-order valence-corrected chi connectivity index (χ2v) is 4.23. The molecule has 0 bridgehead atoms. The predicted octanol–water partition coefficient (Wildman–Crippen LogP) is 1.98. The van der Waals surface area contributed by atoms with Crippen LogP contribution in [0.1, 0.15) is 18.9 Å².